The quantitative estimate of drug-likeness (QED) is 0.542. The summed E-state index contributed by atoms with van der Waals surface area (Å²) in [6, 6.07) is -0.319. The topological polar surface area (TPSA) is 79.5 Å². The first-order valence-corrected chi connectivity index (χ1v) is 5.46. The predicted octanol–water partition coefficient (Wildman–Crippen LogP) is -1.38. The summed E-state index contributed by atoms with van der Waals surface area (Å²) in [5.74, 6) is -0.170. The Bertz CT molecular complexity index is 248. The molecular weight excluding hydrogens is 210 g/mol. The molecular formula is C10H19N3O3. The van der Waals surface area contributed by atoms with Gasteiger partial charge < -0.3 is 15.4 Å². The number of ether oxygens (including phenoxy) is 1. The molecule has 2 atom stereocenters. The third kappa shape index (κ3) is 3.79. The van der Waals surface area contributed by atoms with Crippen molar-refractivity contribution in [1.82, 2.24) is 16.0 Å². The van der Waals surface area contributed by atoms with Crippen molar-refractivity contribution in [3.8, 4) is 0 Å². The molecule has 0 saturated carbocycles. The molecule has 16 heavy (non-hydrogen) atoms. The van der Waals surface area contributed by atoms with Gasteiger partial charge in [0.05, 0.1) is 19.2 Å². The van der Waals surface area contributed by atoms with Crippen LogP contribution in [0.3, 0.4) is 0 Å². The van der Waals surface area contributed by atoms with E-state index >= 15 is 0 Å². The zero-order valence-electron chi connectivity index (χ0n) is 9.71. The predicted molar refractivity (Wildman–Crippen MR) is 58.9 cm³/mol. The SMILES string of the molecule is CCC(COC)NC(=O)C1CNC(=O)CN1. The molecule has 1 fully saturated rings. The van der Waals surface area contributed by atoms with E-state index in [1.54, 1.807) is 7.11 Å². The maximum absolute atomic E-state index is 11.8. The Morgan fingerprint density at radius 2 is 2.44 bits per heavy atom. The summed E-state index contributed by atoms with van der Waals surface area (Å²) < 4.78 is 5.00. The van der Waals surface area contributed by atoms with Crippen LogP contribution in [0.1, 0.15) is 13.3 Å². The van der Waals surface area contributed by atoms with E-state index in [0.29, 0.717) is 13.2 Å². The van der Waals surface area contributed by atoms with Crippen LogP contribution >= 0.6 is 0 Å². The van der Waals surface area contributed by atoms with Crippen LogP contribution in [-0.2, 0) is 14.3 Å². The summed E-state index contributed by atoms with van der Waals surface area (Å²) in [4.78, 5) is 22.7. The number of hydrogen-bond donors (Lipinski definition) is 3. The largest absolute Gasteiger partial charge is 0.383 e. The highest BCUT2D eigenvalue weighted by Gasteiger charge is 2.24. The van der Waals surface area contributed by atoms with E-state index in [0.717, 1.165) is 6.42 Å². The van der Waals surface area contributed by atoms with Gasteiger partial charge in [-0.2, -0.15) is 0 Å². The maximum Gasteiger partial charge on any atom is 0.239 e. The molecule has 2 amide bonds. The second kappa shape index (κ2) is 6.44. The third-order valence-electron chi connectivity index (χ3n) is 2.54. The van der Waals surface area contributed by atoms with E-state index in [1.807, 2.05) is 6.92 Å². The molecule has 1 heterocycles. The molecule has 0 aromatic heterocycles. The standard InChI is InChI=1S/C10H19N3O3/c1-3-7(6-16-2)13-10(15)8-4-12-9(14)5-11-8/h7-8,11H,3-6H2,1-2H3,(H,12,14)(H,13,15). The van der Waals surface area contributed by atoms with E-state index in [9.17, 15) is 9.59 Å². The summed E-state index contributed by atoms with van der Waals surface area (Å²) in [6.45, 7) is 3.02. The minimum absolute atomic E-state index is 0.0249. The number of carbonyl (C=O) groups is 2. The van der Waals surface area contributed by atoms with Crippen molar-refractivity contribution in [2.24, 2.45) is 0 Å². The Morgan fingerprint density at radius 1 is 1.69 bits per heavy atom. The van der Waals surface area contributed by atoms with Gasteiger partial charge in [0, 0.05) is 13.7 Å². The lowest BCUT2D eigenvalue weighted by Crippen LogP contribution is -2.59. The lowest BCUT2D eigenvalue weighted by Gasteiger charge is -2.25. The molecule has 1 aliphatic heterocycles. The molecule has 2 unspecified atom stereocenters. The van der Waals surface area contributed by atoms with Crippen LogP contribution in [0.2, 0.25) is 0 Å². The highest BCUT2D eigenvalue weighted by Crippen LogP contribution is 1.95. The average Bonchev–Trinajstić information content (AvgIpc) is 2.29. The molecule has 6 nitrogen and oxygen atoms in total. The highest BCUT2D eigenvalue weighted by molar-refractivity contribution is 5.86. The van der Waals surface area contributed by atoms with Gasteiger partial charge >= 0.3 is 0 Å². The number of nitrogens with one attached hydrogen (secondary N) is 3. The first kappa shape index (κ1) is 12.9. The highest BCUT2D eigenvalue weighted by atomic mass is 16.5. The van der Waals surface area contributed by atoms with Gasteiger partial charge in [-0.1, -0.05) is 6.92 Å². The summed E-state index contributed by atoms with van der Waals surface area (Å²) >= 11 is 0. The number of rotatable bonds is 5. The lowest BCUT2D eigenvalue weighted by molar-refractivity contribution is -0.127. The van der Waals surface area contributed by atoms with Crippen molar-refractivity contribution >= 4 is 11.8 Å². The molecule has 0 radical (unpaired) electrons. The van der Waals surface area contributed by atoms with Crippen LogP contribution in [0.4, 0.5) is 0 Å². The van der Waals surface area contributed by atoms with Crippen molar-refractivity contribution in [1.29, 1.82) is 0 Å². The Hall–Kier alpha value is -1.14. The van der Waals surface area contributed by atoms with Crippen LogP contribution in [0.5, 0.6) is 0 Å². The molecule has 0 bridgehead atoms. The van der Waals surface area contributed by atoms with Gasteiger partial charge in [0.25, 0.3) is 0 Å². The normalized spacial score (nSPS) is 22.4. The molecule has 1 aliphatic rings. The third-order valence-corrected chi connectivity index (χ3v) is 2.54. The van der Waals surface area contributed by atoms with Crippen molar-refractivity contribution in [3.63, 3.8) is 0 Å². The van der Waals surface area contributed by atoms with E-state index in [1.165, 1.54) is 0 Å². The zero-order chi connectivity index (χ0) is 12.0. The number of piperazine rings is 1. The van der Waals surface area contributed by atoms with E-state index < -0.39 is 0 Å². The zero-order valence-corrected chi connectivity index (χ0v) is 9.71. The number of amides is 2. The number of hydrogen-bond acceptors (Lipinski definition) is 4. The van der Waals surface area contributed by atoms with Crippen molar-refractivity contribution in [2.75, 3.05) is 26.8 Å². The minimum atomic E-state index is -0.344. The van der Waals surface area contributed by atoms with Crippen LogP contribution in [-0.4, -0.2) is 50.7 Å². The smallest absolute Gasteiger partial charge is 0.239 e. The van der Waals surface area contributed by atoms with Gasteiger partial charge in [-0.3, -0.25) is 14.9 Å². The second-order valence-electron chi connectivity index (χ2n) is 3.81. The van der Waals surface area contributed by atoms with Crippen LogP contribution in [0.15, 0.2) is 0 Å². The Balaban J connectivity index is 2.36. The summed E-state index contributed by atoms with van der Waals surface area (Å²) in [7, 11) is 1.61. The summed E-state index contributed by atoms with van der Waals surface area (Å²) in [5.41, 5.74) is 0. The number of carbonyl (C=O) groups excluding carboxylic acids is 2. The monoisotopic (exact) mass is 229 g/mol. The average molecular weight is 229 g/mol. The first-order chi connectivity index (χ1) is 7.67. The fourth-order valence-electron chi connectivity index (χ4n) is 1.52. The molecule has 0 aromatic carbocycles. The van der Waals surface area contributed by atoms with E-state index in [-0.39, 0.29) is 30.4 Å². The van der Waals surface area contributed by atoms with Crippen LogP contribution < -0.4 is 16.0 Å². The van der Waals surface area contributed by atoms with E-state index in [2.05, 4.69) is 16.0 Å². The van der Waals surface area contributed by atoms with Gasteiger partial charge in [-0.25, -0.2) is 0 Å². The minimum Gasteiger partial charge on any atom is -0.383 e. The van der Waals surface area contributed by atoms with Crippen molar-refractivity contribution in [3.05, 3.63) is 0 Å². The van der Waals surface area contributed by atoms with E-state index in [4.69, 9.17) is 4.74 Å². The number of methoxy groups -OCH3 is 1. The van der Waals surface area contributed by atoms with Gasteiger partial charge in [0.15, 0.2) is 0 Å². The molecule has 92 valence electrons. The van der Waals surface area contributed by atoms with Gasteiger partial charge in [0.1, 0.15) is 6.04 Å². The Morgan fingerprint density at radius 3 is 2.94 bits per heavy atom. The fourth-order valence-corrected chi connectivity index (χ4v) is 1.52. The fraction of sp³-hybridized carbons (Fsp3) is 0.800. The molecule has 0 aromatic rings. The van der Waals surface area contributed by atoms with Gasteiger partial charge in [-0.15, -0.1) is 0 Å². The summed E-state index contributed by atoms with van der Waals surface area (Å²) in [6.07, 6.45) is 0.818. The Kier molecular flexibility index (Phi) is 5.21. The Labute approximate surface area is 95.1 Å². The first-order valence-electron chi connectivity index (χ1n) is 5.46. The molecule has 1 rings (SSSR count). The maximum atomic E-state index is 11.8. The van der Waals surface area contributed by atoms with Crippen molar-refractivity contribution in [2.45, 2.75) is 25.4 Å². The molecule has 6 heteroatoms. The lowest BCUT2D eigenvalue weighted by atomic mass is 10.2. The molecule has 3 N–H and O–H groups in total. The molecule has 0 spiro atoms. The summed E-state index contributed by atoms with van der Waals surface area (Å²) in [5, 5.41) is 8.39. The van der Waals surface area contributed by atoms with Crippen LogP contribution in [0, 0.1) is 0 Å². The molecule has 1 saturated heterocycles. The van der Waals surface area contributed by atoms with Gasteiger partial charge in [-0.05, 0) is 6.42 Å². The van der Waals surface area contributed by atoms with Crippen LogP contribution in [0.25, 0.3) is 0 Å². The van der Waals surface area contributed by atoms with Crippen molar-refractivity contribution < 1.29 is 14.3 Å². The second-order valence-corrected chi connectivity index (χ2v) is 3.81. The molecule has 0 aliphatic carbocycles. The van der Waals surface area contributed by atoms with Gasteiger partial charge in [0.2, 0.25) is 11.8 Å².